The number of nitrogens with zero attached hydrogens (tertiary/aromatic N) is 1. The molecule has 2 heterocycles. The molecule has 4 nitrogen and oxygen atoms in total. The standard InChI is InChI=1S/C25H35NO3/c1-3-4-13-28-19-8-7-18-14-20-25(27)10-9-16(2)23-24(25,21(18)22(19)29-23)11-12-26(20)15-17-5-6-17/h7-8,16-17,20,23,27H,3-6,9-15H2,1-2H3/t16-,20+,23-,24-,25+/m0/s1. The second-order valence-electron chi connectivity index (χ2n) is 10.5. The van der Waals surface area contributed by atoms with Crippen LogP contribution >= 0.6 is 0 Å². The van der Waals surface area contributed by atoms with Crippen molar-refractivity contribution in [3.63, 3.8) is 0 Å². The van der Waals surface area contributed by atoms with Crippen LogP contribution in [0.2, 0.25) is 0 Å². The highest BCUT2D eigenvalue weighted by Gasteiger charge is 2.72. The molecular formula is C25H35NO3. The molecule has 0 aromatic heterocycles. The molecule has 1 aromatic carbocycles. The number of benzene rings is 1. The maximum absolute atomic E-state index is 12.4. The molecule has 2 aliphatic heterocycles. The number of piperidine rings is 1. The first-order valence-corrected chi connectivity index (χ1v) is 12.0. The van der Waals surface area contributed by atoms with Crippen molar-refractivity contribution in [1.29, 1.82) is 0 Å². The molecule has 1 aromatic rings. The molecule has 3 fully saturated rings. The summed E-state index contributed by atoms with van der Waals surface area (Å²) in [6.45, 7) is 7.51. The molecule has 1 N–H and O–H groups in total. The molecular weight excluding hydrogens is 362 g/mol. The van der Waals surface area contributed by atoms with Crippen LogP contribution in [0.5, 0.6) is 11.5 Å². The van der Waals surface area contributed by atoms with Crippen molar-refractivity contribution in [2.45, 2.75) is 88.4 Å². The van der Waals surface area contributed by atoms with Crippen molar-refractivity contribution in [2.24, 2.45) is 11.8 Å². The van der Waals surface area contributed by atoms with Gasteiger partial charge in [-0.15, -0.1) is 0 Å². The first-order valence-electron chi connectivity index (χ1n) is 12.0. The first kappa shape index (κ1) is 18.5. The van der Waals surface area contributed by atoms with Crippen LogP contribution in [-0.4, -0.2) is 47.4 Å². The largest absolute Gasteiger partial charge is 0.490 e. The van der Waals surface area contributed by atoms with Gasteiger partial charge in [-0.3, -0.25) is 4.90 Å². The lowest BCUT2D eigenvalue weighted by Gasteiger charge is -2.64. The smallest absolute Gasteiger partial charge is 0.165 e. The van der Waals surface area contributed by atoms with Gasteiger partial charge >= 0.3 is 0 Å². The van der Waals surface area contributed by atoms with Gasteiger partial charge < -0.3 is 14.6 Å². The molecule has 6 rings (SSSR count). The first-order chi connectivity index (χ1) is 14.1. The molecule has 5 atom stereocenters. The Hall–Kier alpha value is -1.26. The number of rotatable bonds is 6. The monoisotopic (exact) mass is 397 g/mol. The van der Waals surface area contributed by atoms with Gasteiger partial charge in [-0.1, -0.05) is 26.3 Å². The fraction of sp³-hybridized carbons (Fsp3) is 0.760. The number of hydrogen-bond acceptors (Lipinski definition) is 4. The highest BCUT2D eigenvalue weighted by molar-refractivity contribution is 5.62. The summed E-state index contributed by atoms with van der Waals surface area (Å²) in [5.41, 5.74) is 1.79. The summed E-state index contributed by atoms with van der Waals surface area (Å²) in [4.78, 5) is 2.64. The summed E-state index contributed by atoms with van der Waals surface area (Å²) in [6, 6.07) is 4.65. The van der Waals surface area contributed by atoms with E-state index >= 15 is 0 Å². The lowest BCUT2D eigenvalue weighted by atomic mass is 9.47. The molecule has 158 valence electrons. The molecule has 29 heavy (non-hydrogen) atoms. The average molecular weight is 398 g/mol. The zero-order valence-corrected chi connectivity index (χ0v) is 18.0. The van der Waals surface area contributed by atoms with E-state index in [9.17, 15) is 5.11 Å². The lowest BCUT2D eigenvalue weighted by molar-refractivity contribution is -0.196. The Morgan fingerprint density at radius 2 is 2.10 bits per heavy atom. The predicted octanol–water partition coefficient (Wildman–Crippen LogP) is 4.07. The van der Waals surface area contributed by atoms with E-state index in [1.807, 2.05) is 0 Å². The van der Waals surface area contributed by atoms with Gasteiger partial charge in [-0.2, -0.15) is 0 Å². The van der Waals surface area contributed by atoms with E-state index in [2.05, 4.69) is 30.9 Å². The second kappa shape index (κ2) is 6.37. The molecule has 2 bridgehead atoms. The van der Waals surface area contributed by atoms with Gasteiger partial charge in [0.05, 0.1) is 17.6 Å². The Kier molecular flexibility index (Phi) is 4.06. The van der Waals surface area contributed by atoms with Crippen LogP contribution in [0.25, 0.3) is 0 Å². The fourth-order valence-electron chi connectivity index (χ4n) is 7.16. The van der Waals surface area contributed by atoms with E-state index < -0.39 is 5.60 Å². The second-order valence-corrected chi connectivity index (χ2v) is 10.5. The molecule has 3 aliphatic carbocycles. The van der Waals surface area contributed by atoms with Crippen LogP contribution in [0.1, 0.15) is 69.9 Å². The summed E-state index contributed by atoms with van der Waals surface area (Å²) >= 11 is 0. The summed E-state index contributed by atoms with van der Waals surface area (Å²) in [6.07, 6.45) is 8.92. The van der Waals surface area contributed by atoms with Gasteiger partial charge in [0.1, 0.15) is 6.10 Å². The lowest BCUT2D eigenvalue weighted by Crippen LogP contribution is -2.76. The third kappa shape index (κ3) is 2.39. The van der Waals surface area contributed by atoms with Crippen LogP contribution in [0.4, 0.5) is 0 Å². The molecule has 1 saturated heterocycles. The van der Waals surface area contributed by atoms with Gasteiger partial charge in [0.25, 0.3) is 0 Å². The van der Waals surface area contributed by atoms with E-state index in [0.29, 0.717) is 5.92 Å². The average Bonchev–Trinajstić information content (AvgIpc) is 3.45. The summed E-state index contributed by atoms with van der Waals surface area (Å²) in [5, 5.41) is 12.4. The number of aliphatic hydroxyl groups is 1. The van der Waals surface area contributed by atoms with Crippen molar-refractivity contribution in [2.75, 3.05) is 19.7 Å². The summed E-state index contributed by atoms with van der Waals surface area (Å²) < 4.78 is 12.9. The minimum Gasteiger partial charge on any atom is -0.490 e. The quantitative estimate of drug-likeness (QED) is 0.735. The Balaban J connectivity index is 1.46. The molecule has 0 amide bonds. The minimum atomic E-state index is -0.669. The topological polar surface area (TPSA) is 41.9 Å². The van der Waals surface area contributed by atoms with Crippen molar-refractivity contribution >= 4 is 0 Å². The van der Waals surface area contributed by atoms with Crippen LogP contribution in [0.3, 0.4) is 0 Å². The van der Waals surface area contributed by atoms with Gasteiger partial charge in [-0.05, 0) is 75.0 Å². The van der Waals surface area contributed by atoms with Gasteiger partial charge in [0.2, 0.25) is 0 Å². The Morgan fingerprint density at radius 1 is 1.24 bits per heavy atom. The van der Waals surface area contributed by atoms with Crippen LogP contribution in [0.15, 0.2) is 12.1 Å². The van der Waals surface area contributed by atoms with Crippen molar-refractivity contribution in [3.8, 4) is 11.5 Å². The van der Waals surface area contributed by atoms with Crippen LogP contribution in [-0.2, 0) is 11.8 Å². The molecule has 0 radical (unpaired) electrons. The SMILES string of the molecule is CCCCOc1ccc2c3c1O[C@H]1[C@@H](C)CC[C@@]4(O)[C@@H](C2)N(CC2CC2)CC[C@]314. The van der Waals surface area contributed by atoms with Crippen molar-refractivity contribution in [3.05, 3.63) is 23.3 Å². The van der Waals surface area contributed by atoms with E-state index in [0.717, 1.165) is 69.1 Å². The Bertz CT molecular complexity index is 821. The van der Waals surface area contributed by atoms with E-state index in [1.165, 1.54) is 30.5 Å². The van der Waals surface area contributed by atoms with Gasteiger partial charge in [0, 0.05) is 18.2 Å². The van der Waals surface area contributed by atoms with Crippen LogP contribution in [0, 0.1) is 11.8 Å². The predicted molar refractivity (Wildman–Crippen MR) is 113 cm³/mol. The highest BCUT2D eigenvalue weighted by atomic mass is 16.5. The van der Waals surface area contributed by atoms with E-state index in [1.54, 1.807) is 0 Å². The molecule has 1 spiro atoms. The maximum Gasteiger partial charge on any atom is 0.165 e. The van der Waals surface area contributed by atoms with Gasteiger partial charge in [0.15, 0.2) is 11.5 Å². The number of hydrogen-bond donors (Lipinski definition) is 1. The van der Waals surface area contributed by atoms with E-state index in [4.69, 9.17) is 9.47 Å². The maximum atomic E-state index is 12.4. The summed E-state index contributed by atoms with van der Waals surface area (Å²) in [5.74, 6) is 3.18. The number of unbranched alkanes of at least 4 members (excludes halogenated alkanes) is 1. The molecule has 0 unspecified atom stereocenters. The highest BCUT2D eigenvalue weighted by Crippen LogP contribution is 2.66. The van der Waals surface area contributed by atoms with E-state index in [-0.39, 0.29) is 17.6 Å². The molecule has 4 heteroatoms. The van der Waals surface area contributed by atoms with Gasteiger partial charge in [-0.25, -0.2) is 0 Å². The third-order valence-electron chi connectivity index (χ3n) is 8.80. The molecule has 5 aliphatic rings. The van der Waals surface area contributed by atoms with Crippen molar-refractivity contribution < 1.29 is 14.6 Å². The molecule has 2 saturated carbocycles. The third-order valence-corrected chi connectivity index (χ3v) is 8.80. The zero-order chi connectivity index (χ0) is 19.8. The zero-order valence-electron chi connectivity index (χ0n) is 18.0. The van der Waals surface area contributed by atoms with Crippen molar-refractivity contribution in [1.82, 2.24) is 4.90 Å². The normalized spacial score (nSPS) is 39.8. The summed E-state index contributed by atoms with van der Waals surface area (Å²) in [7, 11) is 0. The van der Waals surface area contributed by atoms with Crippen LogP contribution < -0.4 is 9.47 Å². The number of ether oxygens (including phenoxy) is 2. The fourth-order valence-corrected chi connectivity index (χ4v) is 7.16. The Morgan fingerprint density at radius 3 is 2.90 bits per heavy atom. The Labute approximate surface area is 174 Å². The number of likely N-dealkylation sites (tertiary alicyclic amines) is 1. The minimum absolute atomic E-state index is 0.0804.